The Hall–Kier alpha value is -3.62. The van der Waals surface area contributed by atoms with Gasteiger partial charge >= 0.3 is 5.69 Å². The molecule has 2 heterocycles. The van der Waals surface area contributed by atoms with Crippen molar-refractivity contribution in [2.75, 3.05) is 18.2 Å². The van der Waals surface area contributed by atoms with Crippen molar-refractivity contribution in [3.05, 3.63) is 56.2 Å². The number of anilines is 2. The van der Waals surface area contributed by atoms with Gasteiger partial charge in [-0.25, -0.2) is 9.78 Å². The summed E-state index contributed by atoms with van der Waals surface area (Å²) in [5, 5.41) is 2.98. The van der Waals surface area contributed by atoms with Crippen LogP contribution < -0.4 is 27.0 Å². The molecular formula is C21H25N5O4. The number of methoxy groups -OCH3 is 1. The number of carbonyl (C=O) groups excluding carboxylic acids is 1. The maximum absolute atomic E-state index is 13.3. The number of para-hydroxylation sites is 2. The fourth-order valence-corrected chi connectivity index (χ4v) is 3.52. The molecule has 3 aromatic rings. The molecule has 3 rings (SSSR count). The lowest BCUT2D eigenvalue weighted by molar-refractivity contribution is 0.102. The van der Waals surface area contributed by atoms with Crippen molar-refractivity contribution in [3.8, 4) is 5.75 Å². The first-order valence-corrected chi connectivity index (χ1v) is 9.33. The lowest BCUT2D eigenvalue weighted by atomic mass is 9.82. The number of aryl methyl sites for hydroxylation is 1. The number of nitrogen functional groups attached to an aromatic ring is 1. The van der Waals surface area contributed by atoms with Crippen molar-refractivity contribution in [2.45, 2.75) is 26.2 Å². The smallest absolute Gasteiger partial charge is 0.332 e. The highest BCUT2D eigenvalue weighted by Crippen LogP contribution is 2.34. The van der Waals surface area contributed by atoms with Crippen LogP contribution in [0.3, 0.4) is 0 Å². The first-order valence-electron chi connectivity index (χ1n) is 9.33. The Bertz CT molecular complexity index is 1280. The molecule has 158 valence electrons. The standard InChI is InChI=1S/C21H25N5O4/c1-21(2,3)15-13(18(27)23-11-9-7-8-10-12(11)30-6)16(22)24-17-14(15)19(28)26(5)20(29)25(17)4/h7-10H,1-6H3,(H2,22,24)(H,23,27). The first-order chi connectivity index (χ1) is 14.0. The zero-order valence-corrected chi connectivity index (χ0v) is 17.9. The SMILES string of the molecule is COc1ccccc1NC(=O)c1c(N)nc2c(c1C(C)(C)C)c(=O)n(C)c(=O)n2C. The number of hydrogen-bond donors (Lipinski definition) is 2. The molecule has 0 saturated carbocycles. The van der Waals surface area contributed by atoms with E-state index >= 15 is 0 Å². The zero-order valence-electron chi connectivity index (χ0n) is 17.9. The monoisotopic (exact) mass is 411 g/mol. The van der Waals surface area contributed by atoms with E-state index in [1.165, 1.54) is 25.8 Å². The van der Waals surface area contributed by atoms with E-state index in [0.717, 1.165) is 4.57 Å². The summed E-state index contributed by atoms with van der Waals surface area (Å²) in [6, 6.07) is 6.95. The Balaban J connectivity index is 2.37. The number of fused-ring (bicyclic) bond motifs is 1. The number of pyridine rings is 1. The second kappa shape index (κ2) is 7.33. The number of ether oxygens (including phenoxy) is 1. The van der Waals surface area contributed by atoms with Crippen molar-refractivity contribution in [1.82, 2.24) is 14.1 Å². The van der Waals surface area contributed by atoms with Gasteiger partial charge in [0.25, 0.3) is 11.5 Å². The third-order valence-corrected chi connectivity index (χ3v) is 4.95. The molecule has 30 heavy (non-hydrogen) atoms. The fraction of sp³-hybridized carbons (Fsp3) is 0.333. The average molecular weight is 411 g/mol. The van der Waals surface area contributed by atoms with Crippen LogP contribution in [0.1, 0.15) is 36.7 Å². The molecule has 0 aliphatic rings. The minimum atomic E-state index is -0.647. The molecule has 0 spiro atoms. The largest absolute Gasteiger partial charge is 0.495 e. The van der Waals surface area contributed by atoms with Gasteiger partial charge in [-0.1, -0.05) is 32.9 Å². The van der Waals surface area contributed by atoms with E-state index in [2.05, 4.69) is 10.3 Å². The molecule has 0 aliphatic carbocycles. The van der Waals surface area contributed by atoms with Gasteiger partial charge < -0.3 is 15.8 Å². The molecule has 0 atom stereocenters. The topological polar surface area (TPSA) is 121 Å². The average Bonchev–Trinajstić information content (AvgIpc) is 2.69. The Morgan fingerprint density at radius 3 is 2.37 bits per heavy atom. The third kappa shape index (κ3) is 3.32. The molecule has 0 saturated heterocycles. The van der Waals surface area contributed by atoms with Gasteiger partial charge in [0.2, 0.25) is 0 Å². The van der Waals surface area contributed by atoms with Gasteiger partial charge in [0.1, 0.15) is 11.6 Å². The van der Waals surface area contributed by atoms with Crippen LogP contribution in [0, 0.1) is 0 Å². The molecule has 9 heteroatoms. The van der Waals surface area contributed by atoms with Crippen LogP contribution in [0.2, 0.25) is 0 Å². The van der Waals surface area contributed by atoms with Gasteiger partial charge in [-0.05, 0) is 23.1 Å². The van der Waals surface area contributed by atoms with Gasteiger partial charge in [0.15, 0.2) is 5.65 Å². The number of aromatic nitrogens is 3. The van der Waals surface area contributed by atoms with E-state index in [1.54, 1.807) is 24.3 Å². The van der Waals surface area contributed by atoms with Crippen LogP contribution in [0.25, 0.3) is 11.0 Å². The summed E-state index contributed by atoms with van der Waals surface area (Å²) in [5.74, 6) is -0.107. The minimum absolute atomic E-state index is 0.0666. The molecule has 0 aliphatic heterocycles. The summed E-state index contributed by atoms with van der Waals surface area (Å²) in [5.41, 5.74) is 5.60. The fourth-order valence-electron chi connectivity index (χ4n) is 3.52. The molecule has 2 aromatic heterocycles. The number of nitrogens with zero attached hydrogens (tertiary/aromatic N) is 3. The van der Waals surface area contributed by atoms with E-state index in [0.29, 0.717) is 17.0 Å². The van der Waals surface area contributed by atoms with Crippen LogP contribution in [0.4, 0.5) is 11.5 Å². The number of rotatable bonds is 3. The van der Waals surface area contributed by atoms with Crippen molar-refractivity contribution < 1.29 is 9.53 Å². The summed E-state index contributed by atoms with van der Waals surface area (Å²) in [6.45, 7) is 5.60. The van der Waals surface area contributed by atoms with E-state index in [1.807, 2.05) is 20.8 Å². The number of nitrogens with two attached hydrogens (primary N) is 1. The van der Waals surface area contributed by atoms with E-state index in [9.17, 15) is 14.4 Å². The highest BCUT2D eigenvalue weighted by molar-refractivity contribution is 6.11. The van der Waals surface area contributed by atoms with Crippen molar-refractivity contribution >= 4 is 28.4 Å². The van der Waals surface area contributed by atoms with Crippen LogP contribution in [0.5, 0.6) is 5.75 Å². The molecule has 1 aromatic carbocycles. The number of benzene rings is 1. The summed E-state index contributed by atoms with van der Waals surface area (Å²) in [6.07, 6.45) is 0. The summed E-state index contributed by atoms with van der Waals surface area (Å²) in [7, 11) is 4.40. The van der Waals surface area contributed by atoms with Crippen LogP contribution in [-0.2, 0) is 19.5 Å². The highest BCUT2D eigenvalue weighted by atomic mass is 16.5. The second-order valence-corrected chi connectivity index (χ2v) is 8.06. The molecule has 0 unspecified atom stereocenters. The molecule has 0 radical (unpaired) electrons. The highest BCUT2D eigenvalue weighted by Gasteiger charge is 2.31. The van der Waals surface area contributed by atoms with Crippen molar-refractivity contribution in [3.63, 3.8) is 0 Å². The number of hydrogen-bond acceptors (Lipinski definition) is 6. The molecule has 3 N–H and O–H groups in total. The van der Waals surface area contributed by atoms with Crippen LogP contribution >= 0.6 is 0 Å². The van der Waals surface area contributed by atoms with Gasteiger partial charge in [-0.2, -0.15) is 0 Å². The quantitative estimate of drug-likeness (QED) is 0.678. The number of carbonyl (C=O) groups is 1. The van der Waals surface area contributed by atoms with Gasteiger partial charge in [-0.3, -0.25) is 18.7 Å². The predicted molar refractivity (Wildman–Crippen MR) is 116 cm³/mol. The van der Waals surface area contributed by atoms with Gasteiger partial charge in [-0.15, -0.1) is 0 Å². The molecule has 0 fully saturated rings. The predicted octanol–water partition coefficient (Wildman–Crippen LogP) is 1.77. The Morgan fingerprint density at radius 2 is 1.77 bits per heavy atom. The number of amides is 1. The second-order valence-electron chi connectivity index (χ2n) is 8.06. The molecule has 0 bridgehead atoms. The van der Waals surface area contributed by atoms with Crippen molar-refractivity contribution in [1.29, 1.82) is 0 Å². The van der Waals surface area contributed by atoms with Crippen LogP contribution in [0.15, 0.2) is 33.9 Å². The van der Waals surface area contributed by atoms with Crippen LogP contribution in [-0.4, -0.2) is 27.1 Å². The van der Waals surface area contributed by atoms with E-state index in [4.69, 9.17) is 10.5 Å². The Morgan fingerprint density at radius 1 is 1.13 bits per heavy atom. The lowest BCUT2D eigenvalue weighted by Crippen LogP contribution is -2.39. The number of nitrogens with one attached hydrogen (secondary N) is 1. The summed E-state index contributed by atoms with van der Waals surface area (Å²) < 4.78 is 7.54. The Kier molecular flexibility index (Phi) is 5.15. The van der Waals surface area contributed by atoms with E-state index in [-0.39, 0.29) is 22.4 Å². The maximum Gasteiger partial charge on any atom is 0.332 e. The first kappa shape index (κ1) is 21.1. The van der Waals surface area contributed by atoms with Gasteiger partial charge in [0, 0.05) is 14.1 Å². The molecule has 1 amide bonds. The third-order valence-electron chi connectivity index (χ3n) is 4.95. The summed E-state index contributed by atoms with van der Waals surface area (Å²) in [4.78, 5) is 42.9. The maximum atomic E-state index is 13.3. The molecule has 9 nitrogen and oxygen atoms in total. The zero-order chi connectivity index (χ0) is 22.4. The minimum Gasteiger partial charge on any atom is -0.495 e. The van der Waals surface area contributed by atoms with E-state index < -0.39 is 22.6 Å². The van der Waals surface area contributed by atoms with Gasteiger partial charge in [0.05, 0.1) is 23.7 Å². The molecular weight excluding hydrogens is 386 g/mol. The Labute approximate surface area is 173 Å². The summed E-state index contributed by atoms with van der Waals surface area (Å²) >= 11 is 0. The van der Waals surface area contributed by atoms with Crippen molar-refractivity contribution in [2.24, 2.45) is 14.1 Å². The normalized spacial score (nSPS) is 11.5. The lowest BCUT2D eigenvalue weighted by Gasteiger charge is -2.25.